The van der Waals surface area contributed by atoms with Crippen LogP contribution in [0.1, 0.15) is 0 Å². The second-order valence-corrected chi connectivity index (χ2v) is 2.41. The molecule has 0 bridgehead atoms. The maximum atomic E-state index is 10.1. The maximum absolute atomic E-state index is 10.1. The van der Waals surface area contributed by atoms with Gasteiger partial charge in [-0.05, 0) is 12.1 Å². The molecule has 0 spiro atoms. The van der Waals surface area contributed by atoms with Crippen molar-refractivity contribution < 1.29 is 29.7 Å². The Morgan fingerprint density at radius 2 is 1.31 bits per heavy atom. The summed E-state index contributed by atoms with van der Waals surface area (Å²) in [5, 5.41) is 25.3. The summed E-state index contributed by atoms with van der Waals surface area (Å²) in [4.78, 5) is 28.3. The fourth-order valence-electron chi connectivity index (χ4n) is 0.645. The molecule has 7 heteroatoms. The molecule has 0 radical (unpaired) electrons. The Morgan fingerprint density at radius 1 is 0.875 bits per heavy atom. The highest BCUT2D eigenvalue weighted by Crippen LogP contribution is 2.03. The number of rotatable bonds is 1. The van der Waals surface area contributed by atoms with Gasteiger partial charge in [0.1, 0.15) is 0 Å². The molecule has 0 unspecified atom stereocenters. The number of aliphatic carboxylic acids is 2. The van der Waals surface area contributed by atoms with Gasteiger partial charge in [-0.3, -0.25) is 5.32 Å². The van der Waals surface area contributed by atoms with E-state index in [9.17, 15) is 4.79 Å². The van der Waals surface area contributed by atoms with Crippen molar-refractivity contribution >= 4 is 23.7 Å². The Bertz CT molecular complexity index is 363. The number of hydrogen-bond acceptors (Lipinski definition) is 3. The lowest BCUT2D eigenvalue weighted by atomic mass is 10.3. The molecule has 1 rings (SSSR count). The summed E-state index contributed by atoms with van der Waals surface area (Å²) in [7, 11) is 0. The van der Waals surface area contributed by atoms with Crippen molar-refractivity contribution in [3.05, 3.63) is 30.3 Å². The first kappa shape index (κ1) is 13.4. The molecule has 0 atom stereocenters. The summed E-state index contributed by atoms with van der Waals surface area (Å²) >= 11 is 0. The zero-order chi connectivity index (χ0) is 12.6. The number of para-hydroxylation sites is 1. The lowest BCUT2D eigenvalue weighted by Gasteiger charge is -1.96. The Kier molecular flexibility index (Phi) is 5.73. The van der Waals surface area contributed by atoms with Gasteiger partial charge < -0.3 is 15.3 Å². The zero-order valence-corrected chi connectivity index (χ0v) is 7.95. The van der Waals surface area contributed by atoms with E-state index in [2.05, 4.69) is 5.32 Å². The SMILES string of the molecule is O=C(O)C(=O)O.O=C(O)Nc1ccccc1. The highest BCUT2D eigenvalue weighted by atomic mass is 16.4. The van der Waals surface area contributed by atoms with E-state index in [1.165, 1.54) is 0 Å². The molecule has 1 aromatic carbocycles. The van der Waals surface area contributed by atoms with Gasteiger partial charge in [-0.25, -0.2) is 14.4 Å². The van der Waals surface area contributed by atoms with Gasteiger partial charge in [0.15, 0.2) is 0 Å². The monoisotopic (exact) mass is 227 g/mol. The summed E-state index contributed by atoms with van der Waals surface area (Å²) in [6.07, 6.45) is -1.04. The van der Waals surface area contributed by atoms with Gasteiger partial charge in [-0.1, -0.05) is 18.2 Å². The lowest BCUT2D eigenvalue weighted by Crippen LogP contribution is -2.09. The quantitative estimate of drug-likeness (QED) is 0.529. The summed E-state index contributed by atoms with van der Waals surface area (Å²) in [6, 6.07) is 8.74. The molecule has 0 aromatic heterocycles. The number of hydrogen-bond donors (Lipinski definition) is 4. The topological polar surface area (TPSA) is 124 Å². The molecule has 7 nitrogen and oxygen atoms in total. The van der Waals surface area contributed by atoms with Gasteiger partial charge in [0.05, 0.1) is 0 Å². The maximum Gasteiger partial charge on any atom is 0.414 e. The van der Waals surface area contributed by atoms with E-state index in [1.54, 1.807) is 24.3 Å². The molecule has 0 heterocycles. The molecule has 0 aliphatic carbocycles. The molecular weight excluding hydrogens is 218 g/mol. The average Bonchev–Trinajstić information content (AvgIpc) is 2.19. The fourth-order valence-corrected chi connectivity index (χ4v) is 0.645. The molecule has 0 aliphatic rings. The van der Waals surface area contributed by atoms with E-state index in [-0.39, 0.29) is 0 Å². The Balaban J connectivity index is 0.000000325. The summed E-state index contributed by atoms with van der Waals surface area (Å²) in [5.74, 6) is -3.65. The van der Waals surface area contributed by atoms with E-state index in [0.717, 1.165) is 0 Å². The van der Waals surface area contributed by atoms with Crippen LogP contribution >= 0.6 is 0 Å². The molecule has 16 heavy (non-hydrogen) atoms. The van der Waals surface area contributed by atoms with Gasteiger partial charge >= 0.3 is 18.0 Å². The predicted octanol–water partition coefficient (Wildman–Crippen LogP) is 0.932. The molecule has 1 amide bonds. The number of carboxylic acid groups (broad SMARTS) is 3. The third-order valence-electron chi connectivity index (χ3n) is 1.21. The van der Waals surface area contributed by atoms with E-state index < -0.39 is 18.0 Å². The van der Waals surface area contributed by atoms with Crippen LogP contribution in [-0.2, 0) is 9.59 Å². The minimum absolute atomic E-state index is 0.593. The van der Waals surface area contributed by atoms with Crippen LogP contribution < -0.4 is 5.32 Å². The largest absolute Gasteiger partial charge is 0.473 e. The van der Waals surface area contributed by atoms with Crippen LogP contribution in [0.5, 0.6) is 0 Å². The first-order chi connectivity index (χ1) is 7.43. The summed E-state index contributed by atoms with van der Waals surface area (Å²) in [5.41, 5.74) is 0.593. The Morgan fingerprint density at radius 3 is 1.62 bits per heavy atom. The molecule has 4 N–H and O–H groups in total. The Hall–Kier alpha value is -2.57. The van der Waals surface area contributed by atoms with Crippen LogP contribution in [0.2, 0.25) is 0 Å². The molecular formula is C9H9NO6. The van der Waals surface area contributed by atoms with E-state index in [4.69, 9.17) is 24.9 Å². The average molecular weight is 227 g/mol. The third-order valence-corrected chi connectivity index (χ3v) is 1.21. The summed E-state index contributed by atoms with van der Waals surface area (Å²) < 4.78 is 0. The fraction of sp³-hybridized carbons (Fsp3) is 0. The second kappa shape index (κ2) is 6.82. The van der Waals surface area contributed by atoms with Gasteiger partial charge in [0.25, 0.3) is 0 Å². The number of amides is 1. The van der Waals surface area contributed by atoms with Gasteiger partial charge in [-0.15, -0.1) is 0 Å². The van der Waals surface area contributed by atoms with Gasteiger partial charge in [0.2, 0.25) is 0 Å². The van der Waals surface area contributed by atoms with Crippen LogP contribution in [0.15, 0.2) is 30.3 Å². The van der Waals surface area contributed by atoms with E-state index >= 15 is 0 Å². The van der Waals surface area contributed by atoms with Crippen molar-refractivity contribution in [3.63, 3.8) is 0 Å². The molecule has 86 valence electrons. The molecule has 0 saturated carbocycles. The molecule has 1 aromatic rings. The minimum atomic E-state index is -1.82. The minimum Gasteiger partial charge on any atom is -0.473 e. The third kappa shape index (κ3) is 6.89. The normalized spacial score (nSPS) is 8.25. The first-order valence-corrected chi connectivity index (χ1v) is 3.94. The second-order valence-electron chi connectivity index (χ2n) is 2.41. The Labute approximate surface area is 89.9 Å². The number of carbonyl (C=O) groups is 3. The van der Waals surface area contributed by atoms with Gasteiger partial charge in [-0.2, -0.15) is 0 Å². The number of nitrogens with one attached hydrogen (secondary N) is 1. The van der Waals surface area contributed by atoms with Crippen LogP contribution in [0.3, 0.4) is 0 Å². The molecule has 0 aliphatic heterocycles. The van der Waals surface area contributed by atoms with Crippen LogP contribution in [-0.4, -0.2) is 33.4 Å². The summed E-state index contributed by atoms with van der Waals surface area (Å²) in [6.45, 7) is 0. The van der Waals surface area contributed by atoms with Gasteiger partial charge in [0, 0.05) is 5.69 Å². The van der Waals surface area contributed by atoms with Crippen molar-refractivity contribution in [2.24, 2.45) is 0 Å². The van der Waals surface area contributed by atoms with Crippen molar-refractivity contribution in [1.82, 2.24) is 0 Å². The number of carboxylic acids is 2. The molecule has 0 saturated heterocycles. The first-order valence-electron chi connectivity index (χ1n) is 3.94. The highest BCUT2D eigenvalue weighted by molar-refractivity contribution is 6.27. The van der Waals surface area contributed by atoms with Crippen molar-refractivity contribution in [2.45, 2.75) is 0 Å². The van der Waals surface area contributed by atoms with Crippen molar-refractivity contribution in [3.8, 4) is 0 Å². The van der Waals surface area contributed by atoms with E-state index in [0.29, 0.717) is 5.69 Å². The van der Waals surface area contributed by atoms with Crippen molar-refractivity contribution in [1.29, 1.82) is 0 Å². The van der Waals surface area contributed by atoms with E-state index in [1.807, 2.05) is 6.07 Å². The van der Waals surface area contributed by atoms with Crippen molar-refractivity contribution in [2.75, 3.05) is 5.32 Å². The highest BCUT2D eigenvalue weighted by Gasteiger charge is 2.04. The molecule has 0 fully saturated rings. The zero-order valence-electron chi connectivity index (χ0n) is 7.95. The number of anilines is 1. The smallest absolute Gasteiger partial charge is 0.414 e. The van der Waals surface area contributed by atoms with Crippen LogP contribution in [0.4, 0.5) is 10.5 Å². The van der Waals surface area contributed by atoms with Crippen LogP contribution in [0.25, 0.3) is 0 Å². The predicted molar refractivity (Wildman–Crippen MR) is 53.4 cm³/mol. The lowest BCUT2D eigenvalue weighted by molar-refractivity contribution is -0.159. The number of benzene rings is 1. The standard InChI is InChI=1S/C7H7NO2.C2H2O4/c9-7(10)8-6-4-2-1-3-5-6;3-1(4)2(5)6/h1-5,8H,(H,9,10);(H,3,4)(H,5,6). The van der Waals surface area contributed by atoms with Crippen LogP contribution in [0, 0.1) is 0 Å².